The van der Waals surface area contributed by atoms with Gasteiger partial charge in [0.25, 0.3) is 5.91 Å². The van der Waals surface area contributed by atoms with Gasteiger partial charge >= 0.3 is 11.9 Å². The lowest BCUT2D eigenvalue weighted by molar-refractivity contribution is -0.156. The highest BCUT2D eigenvalue weighted by Gasteiger charge is 2.53. The molecule has 0 aromatic carbocycles. The number of rotatable bonds is 4. The molecule has 0 aliphatic carbocycles. The van der Waals surface area contributed by atoms with Crippen molar-refractivity contribution in [1.29, 1.82) is 0 Å². The standard InChI is InChI=1S/C15H17N3O6S/c1-15-5-4-12(20)18(15)9(8-25-15)14(22)24-7-11(19)16-17-13(21)10-3-2-6-23-10/h2-3,6,9H,4-5,7-8H2,1H3,(H,16,19)(H,17,21)/t9-,15-/m0/s1. The lowest BCUT2D eigenvalue weighted by Crippen LogP contribution is -2.48. The Morgan fingerprint density at radius 3 is 2.96 bits per heavy atom. The van der Waals surface area contributed by atoms with Gasteiger partial charge in [0.2, 0.25) is 5.91 Å². The van der Waals surface area contributed by atoms with E-state index in [0.717, 1.165) is 0 Å². The number of thioether (sulfide) groups is 1. The van der Waals surface area contributed by atoms with E-state index in [2.05, 4.69) is 10.9 Å². The van der Waals surface area contributed by atoms with Gasteiger partial charge in [-0.2, -0.15) is 0 Å². The van der Waals surface area contributed by atoms with Crippen LogP contribution in [0.3, 0.4) is 0 Å². The molecule has 2 fully saturated rings. The molecule has 0 saturated carbocycles. The molecule has 3 rings (SSSR count). The third-order valence-corrected chi connectivity index (χ3v) is 5.63. The van der Waals surface area contributed by atoms with Crippen molar-refractivity contribution in [2.45, 2.75) is 30.7 Å². The Hall–Kier alpha value is -2.49. The summed E-state index contributed by atoms with van der Waals surface area (Å²) in [5, 5.41) is 0. The monoisotopic (exact) mass is 367 g/mol. The zero-order valence-corrected chi connectivity index (χ0v) is 14.3. The highest BCUT2D eigenvalue weighted by Crippen LogP contribution is 2.47. The average molecular weight is 367 g/mol. The lowest BCUT2D eigenvalue weighted by Gasteiger charge is -2.29. The molecular weight excluding hydrogens is 350 g/mol. The van der Waals surface area contributed by atoms with Crippen molar-refractivity contribution in [1.82, 2.24) is 15.8 Å². The largest absolute Gasteiger partial charge is 0.459 e. The third-order valence-electron chi connectivity index (χ3n) is 4.12. The lowest BCUT2D eigenvalue weighted by atomic mass is 10.2. The van der Waals surface area contributed by atoms with Gasteiger partial charge in [-0.3, -0.25) is 25.2 Å². The smallest absolute Gasteiger partial charge is 0.330 e. The molecule has 0 unspecified atom stereocenters. The fraction of sp³-hybridized carbons (Fsp3) is 0.467. The van der Waals surface area contributed by atoms with Crippen LogP contribution in [0.2, 0.25) is 0 Å². The predicted molar refractivity (Wildman–Crippen MR) is 86.0 cm³/mol. The number of hydrogen-bond acceptors (Lipinski definition) is 7. The van der Waals surface area contributed by atoms with Gasteiger partial charge in [-0.1, -0.05) is 0 Å². The van der Waals surface area contributed by atoms with E-state index in [4.69, 9.17) is 9.15 Å². The van der Waals surface area contributed by atoms with Crippen LogP contribution in [0.5, 0.6) is 0 Å². The molecule has 2 atom stereocenters. The van der Waals surface area contributed by atoms with Crippen LogP contribution >= 0.6 is 11.8 Å². The molecule has 25 heavy (non-hydrogen) atoms. The van der Waals surface area contributed by atoms with Crippen LogP contribution < -0.4 is 10.9 Å². The molecule has 0 bridgehead atoms. The van der Waals surface area contributed by atoms with Crippen molar-refractivity contribution < 1.29 is 28.3 Å². The van der Waals surface area contributed by atoms with Crippen molar-refractivity contribution in [2.75, 3.05) is 12.4 Å². The van der Waals surface area contributed by atoms with Gasteiger partial charge in [-0.15, -0.1) is 11.8 Å². The molecule has 9 nitrogen and oxygen atoms in total. The summed E-state index contributed by atoms with van der Waals surface area (Å²) < 4.78 is 9.84. The van der Waals surface area contributed by atoms with Crippen LogP contribution in [-0.4, -0.2) is 51.9 Å². The quantitative estimate of drug-likeness (QED) is 0.570. The van der Waals surface area contributed by atoms with E-state index < -0.39 is 30.4 Å². The molecule has 1 aromatic rings. The molecule has 2 saturated heterocycles. The van der Waals surface area contributed by atoms with Crippen molar-refractivity contribution in [3.8, 4) is 0 Å². The number of carbonyl (C=O) groups is 4. The number of hydrazine groups is 1. The van der Waals surface area contributed by atoms with E-state index in [0.29, 0.717) is 18.6 Å². The average Bonchev–Trinajstić information content (AvgIpc) is 3.29. The number of ether oxygens (including phenoxy) is 1. The Bertz CT molecular complexity index is 706. The number of nitrogens with one attached hydrogen (secondary N) is 2. The van der Waals surface area contributed by atoms with E-state index in [-0.39, 0.29) is 16.5 Å². The molecular formula is C15H17N3O6S. The number of hydrogen-bond donors (Lipinski definition) is 2. The number of esters is 1. The van der Waals surface area contributed by atoms with Crippen molar-refractivity contribution in [3.63, 3.8) is 0 Å². The summed E-state index contributed by atoms with van der Waals surface area (Å²) in [5.41, 5.74) is 4.25. The number of amides is 3. The first-order chi connectivity index (χ1) is 11.9. The fourth-order valence-electron chi connectivity index (χ4n) is 2.86. The minimum Gasteiger partial charge on any atom is -0.459 e. The highest BCUT2D eigenvalue weighted by molar-refractivity contribution is 8.01. The molecule has 2 N–H and O–H groups in total. The molecule has 2 aliphatic rings. The summed E-state index contributed by atoms with van der Waals surface area (Å²) in [7, 11) is 0. The molecule has 0 radical (unpaired) electrons. The van der Waals surface area contributed by atoms with Crippen molar-refractivity contribution in [2.24, 2.45) is 0 Å². The van der Waals surface area contributed by atoms with Crippen LogP contribution in [0.1, 0.15) is 30.3 Å². The zero-order valence-electron chi connectivity index (χ0n) is 13.4. The normalized spacial score (nSPS) is 24.8. The molecule has 134 valence electrons. The van der Waals surface area contributed by atoms with Crippen molar-refractivity contribution in [3.05, 3.63) is 24.2 Å². The summed E-state index contributed by atoms with van der Waals surface area (Å²) >= 11 is 1.54. The second-order valence-electron chi connectivity index (χ2n) is 5.85. The van der Waals surface area contributed by atoms with Crippen LogP contribution in [0.4, 0.5) is 0 Å². The van der Waals surface area contributed by atoms with E-state index >= 15 is 0 Å². The van der Waals surface area contributed by atoms with E-state index in [9.17, 15) is 19.2 Å². The maximum Gasteiger partial charge on any atom is 0.330 e. The Labute approximate surface area is 147 Å². The predicted octanol–water partition coefficient (Wildman–Crippen LogP) is 0.0378. The minimum atomic E-state index is -0.700. The second-order valence-corrected chi connectivity index (χ2v) is 7.35. The molecule has 10 heteroatoms. The summed E-state index contributed by atoms with van der Waals surface area (Å²) in [6.07, 6.45) is 2.43. The SMILES string of the molecule is C[C@]12CCC(=O)N1[C@H](C(=O)OCC(=O)NNC(=O)c1ccco1)CS2. The Morgan fingerprint density at radius 1 is 1.44 bits per heavy atom. The first kappa shape index (κ1) is 17.3. The minimum absolute atomic E-state index is 0.0344. The maximum absolute atomic E-state index is 12.2. The van der Waals surface area contributed by atoms with Gasteiger partial charge < -0.3 is 14.1 Å². The number of nitrogens with zero attached hydrogens (tertiary/aromatic N) is 1. The second kappa shape index (κ2) is 6.79. The van der Waals surface area contributed by atoms with Crippen molar-refractivity contribution >= 4 is 35.5 Å². The molecule has 0 spiro atoms. The van der Waals surface area contributed by atoms with Gasteiger partial charge in [-0.05, 0) is 25.5 Å². The van der Waals surface area contributed by atoms with Gasteiger partial charge in [0.1, 0.15) is 6.04 Å². The summed E-state index contributed by atoms with van der Waals surface area (Å²) in [6, 6.07) is 2.28. The Balaban J connectivity index is 1.45. The number of furan rings is 1. The maximum atomic E-state index is 12.2. The van der Waals surface area contributed by atoms with E-state index in [1.165, 1.54) is 30.2 Å². The number of carbonyl (C=O) groups excluding carboxylic acids is 4. The zero-order chi connectivity index (χ0) is 18.0. The van der Waals surface area contributed by atoms with Crippen LogP contribution in [0, 0.1) is 0 Å². The first-order valence-electron chi connectivity index (χ1n) is 7.66. The van der Waals surface area contributed by atoms with E-state index in [1.54, 1.807) is 4.90 Å². The van der Waals surface area contributed by atoms with Crippen LogP contribution in [0.15, 0.2) is 22.8 Å². The molecule has 3 heterocycles. The van der Waals surface area contributed by atoms with Gasteiger partial charge in [0, 0.05) is 12.2 Å². The van der Waals surface area contributed by atoms with Crippen LogP contribution in [-0.2, 0) is 19.1 Å². The molecule has 2 aliphatic heterocycles. The third kappa shape index (κ3) is 3.48. The number of fused-ring (bicyclic) bond motifs is 1. The highest BCUT2D eigenvalue weighted by atomic mass is 32.2. The first-order valence-corrected chi connectivity index (χ1v) is 8.65. The van der Waals surface area contributed by atoms with Gasteiger partial charge in [0.15, 0.2) is 12.4 Å². The molecule has 1 aromatic heterocycles. The summed E-state index contributed by atoms with van der Waals surface area (Å²) in [4.78, 5) is 48.6. The summed E-state index contributed by atoms with van der Waals surface area (Å²) in [5.74, 6) is -1.56. The summed E-state index contributed by atoms with van der Waals surface area (Å²) in [6.45, 7) is 1.36. The molecule has 3 amide bonds. The Morgan fingerprint density at radius 2 is 2.24 bits per heavy atom. The van der Waals surface area contributed by atoms with Gasteiger partial charge in [-0.25, -0.2) is 4.79 Å². The fourth-order valence-corrected chi connectivity index (χ4v) is 4.28. The van der Waals surface area contributed by atoms with Gasteiger partial charge in [0.05, 0.1) is 11.1 Å². The van der Waals surface area contributed by atoms with Crippen LogP contribution in [0.25, 0.3) is 0 Å². The Kier molecular flexibility index (Phi) is 4.71. The topological polar surface area (TPSA) is 118 Å². The van der Waals surface area contributed by atoms with E-state index in [1.807, 2.05) is 6.92 Å².